The average molecular weight is 370 g/mol. The van der Waals surface area contributed by atoms with Crippen LogP contribution in [0.5, 0.6) is 0 Å². The Kier molecular flexibility index (Phi) is 5.24. The standard InChI is InChI=1S/C19H26N6O2/c1-23-16(6-7-21-23)13-17-3-2-8-25(17)19(26)22-15-4-5-18(20-14-15)24-9-11-27-12-10-24/h4-7,14,17H,2-3,8-13H2,1H3,(H,22,26)/t17-/m1/s1. The number of nitrogens with one attached hydrogen (secondary N) is 1. The van der Waals surface area contributed by atoms with Crippen molar-refractivity contribution in [2.24, 2.45) is 7.05 Å². The van der Waals surface area contributed by atoms with E-state index in [-0.39, 0.29) is 12.1 Å². The number of nitrogens with zero attached hydrogens (tertiary/aromatic N) is 5. The molecule has 0 unspecified atom stereocenters. The zero-order valence-electron chi connectivity index (χ0n) is 15.7. The Morgan fingerprint density at radius 3 is 2.81 bits per heavy atom. The van der Waals surface area contributed by atoms with E-state index in [2.05, 4.69) is 20.3 Å². The predicted octanol–water partition coefficient (Wildman–Crippen LogP) is 1.89. The van der Waals surface area contributed by atoms with Gasteiger partial charge in [-0.3, -0.25) is 4.68 Å². The van der Waals surface area contributed by atoms with Crippen molar-refractivity contribution in [1.82, 2.24) is 19.7 Å². The number of urea groups is 1. The number of likely N-dealkylation sites (tertiary alicyclic amines) is 1. The van der Waals surface area contributed by atoms with Crippen LogP contribution < -0.4 is 10.2 Å². The van der Waals surface area contributed by atoms with Crippen LogP contribution in [-0.4, -0.2) is 64.6 Å². The number of aryl methyl sites for hydroxylation is 1. The summed E-state index contributed by atoms with van der Waals surface area (Å²) in [6, 6.07) is 6.05. The van der Waals surface area contributed by atoms with Gasteiger partial charge in [-0.2, -0.15) is 5.10 Å². The summed E-state index contributed by atoms with van der Waals surface area (Å²) in [6.07, 6.45) is 6.42. The molecule has 0 radical (unpaired) electrons. The van der Waals surface area contributed by atoms with Gasteiger partial charge in [-0.15, -0.1) is 0 Å². The average Bonchev–Trinajstić information content (AvgIpc) is 3.33. The van der Waals surface area contributed by atoms with Crippen LogP contribution in [0.3, 0.4) is 0 Å². The number of aromatic nitrogens is 3. The molecule has 4 heterocycles. The lowest BCUT2D eigenvalue weighted by atomic mass is 10.1. The molecule has 2 aromatic rings. The van der Waals surface area contributed by atoms with Gasteiger partial charge in [0.05, 0.1) is 25.1 Å². The summed E-state index contributed by atoms with van der Waals surface area (Å²) in [7, 11) is 1.94. The minimum atomic E-state index is -0.0550. The maximum Gasteiger partial charge on any atom is 0.322 e. The van der Waals surface area contributed by atoms with Gasteiger partial charge in [-0.1, -0.05) is 0 Å². The first kappa shape index (κ1) is 17.8. The van der Waals surface area contributed by atoms with Crippen LogP contribution >= 0.6 is 0 Å². The lowest BCUT2D eigenvalue weighted by molar-refractivity contribution is 0.122. The highest BCUT2D eigenvalue weighted by atomic mass is 16.5. The minimum Gasteiger partial charge on any atom is -0.378 e. The predicted molar refractivity (Wildman–Crippen MR) is 103 cm³/mol. The molecule has 2 aliphatic heterocycles. The molecule has 27 heavy (non-hydrogen) atoms. The molecule has 2 aromatic heterocycles. The molecule has 144 valence electrons. The zero-order valence-corrected chi connectivity index (χ0v) is 15.7. The van der Waals surface area contributed by atoms with Crippen LogP contribution in [0.1, 0.15) is 18.5 Å². The number of carbonyl (C=O) groups is 1. The van der Waals surface area contributed by atoms with E-state index in [0.717, 1.165) is 69.3 Å². The fourth-order valence-corrected chi connectivity index (χ4v) is 3.79. The Morgan fingerprint density at radius 2 is 2.11 bits per heavy atom. The molecule has 4 rings (SSSR count). The second-order valence-electron chi connectivity index (χ2n) is 7.07. The van der Waals surface area contributed by atoms with Gasteiger partial charge in [0.2, 0.25) is 0 Å². The van der Waals surface area contributed by atoms with Crippen LogP contribution in [0.15, 0.2) is 30.6 Å². The third-order valence-electron chi connectivity index (χ3n) is 5.34. The third-order valence-corrected chi connectivity index (χ3v) is 5.34. The van der Waals surface area contributed by atoms with Crippen molar-refractivity contribution in [3.8, 4) is 0 Å². The van der Waals surface area contributed by atoms with Gasteiger partial charge in [0.15, 0.2) is 0 Å². The summed E-state index contributed by atoms with van der Waals surface area (Å²) in [5, 5.41) is 7.22. The van der Waals surface area contributed by atoms with Crippen molar-refractivity contribution in [2.45, 2.75) is 25.3 Å². The number of amides is 2. The molecule has 2 saturated heterocycles. The number of morpholine rings is 1. The Balaban J connectivity index is 1.37. The molecule has 0 bridgehead atoms. The zero-order chi connectivity index (χ0) is 18.6. The van der Waals surface area contributed by atoms with Gasteiger partial charge in [0, 0.05) is 51.0 Å². The summed E-state index contributed by atoms with van der Waals surface area (Å²) in [5.41, 5.74) is 1.87. The first-order valence-corrected chi connectivity index (χ1v) is 9.54. The molecule has 0 aliphatic carbocycles. The number of hydrogen-bond acceptors (Lipinski definition) is 5. The molecule has 0 saturated carbocycles. The number of hydrogen-bond donors (Lipinski definition) is 1. The lowest BCUT2D eigenvalue weighted by Gasteiger charge is -2.28. The highest BCUT2D eigenvalue weighted by molar-refractivity contribution is 5.89. The van der Waals surface area contributed by atoms with E-state index in [9.17, 15) is 4.79 Å². The molecule has 1 atom stereocenters. The Bertz CT molecular complexity index is 769. The van der Waals surface area contributed by atoms with E-state index >= 15 is 0 Å². The van der Waals surface area contributed by atoms with Crippen molar-refractivity contribution in [1.29, 1.82) is 0 Å². The van der Waals surface area contributed by atoms with Gasteiger partial charge in [0.1, 0.15) is 5.82 Å². The van der Waals surface area contributed by atoms with Gasteiger partial charge >= 0.3 is 6.03 Å². The highest BCUT2D eigenvalue weighted by Gasteiger charge is 2.29. The molecule has 2 fully saturated rings. The van der Waals surface area contributed by atoms with E-state index in [0.29, 0.717) is 0 Å². The van der Waals surface area contributed by atoms with Crippen LogP contribution in [0.2, 0.25) is 0 Å². The largest absolute Gasteiger partial charge is 0.378 e. The summed E-state index contributed by atoms with van der Waals surface area (Å²) >= 11 is 0. The molecule has 2 amide bonds. The van der Waals surface area contributed by atoms with Crippen molar-refractivity contribution < 1.29 is 9.53 Å². The molecule has 0 spiro atoms. The van der Waals surface area contributed by atoms with E-state index in [4.69, 9.17) is 4.74 Å². The summed E-state index contributed by atoms with van der Waals surface area (Å²) in [4.78, 5) is 21.4. The van der Waals surface area contributed by atoms with E-state index in [1.54, 1.807) is 12.4 Å². The quantitative estimate of drug-likeness (QED) is 0.890. The van der Waals surface area contributed by atoms with Gasteiger partial charge in [0.25, 0.3) is 0 Å². The first-order chi connectivity index (χ1) is 13.2. The molecule has 0 aromatic carbocycles. The van der Waals surface area contributed by atoms with Gasteiger partial charge in [-0.25, -0.2) is 9.78 Å². The van der Waals surface area contributed by atoms with E-state index in [1.165, 1.54) is 0 Å². The highest BCUT2D eigenvalue weighted by Crippen LogP contribution is 2.23. The van der Waals surface area contributed by atoms with Crippen LogP contribution in [-0.2, 0) is 18.2 Å². The molecule has 8 nitrogen and oxygen atoms in total. The molecule has 8 heteroatoms. The van der Waals surface area contributed by atoms with Gasteiger partial charge < -0.3 is 19.9 Å². The smallest absolute Gasteiger partial charge is 0.322 e. The van der Waals surface area contributed by atoms with Crippen LogP contribution in [0.25, 0.3) is 0 Å². The SMILES string of the molecule is Cn1nccc1C[C@H]1CCCN1C(=O)Nc1ccc(N2CCOCC2)nc1. The summed E-state index contributed by atoms with van der Waals surface area (Å²) in [5.74, 6) is 0.923. The lowest BCUT2D eigenvalue weighted by Crippen LogP contribution is -2.40. The summed E-state index contributed by atoms with van der Waals surface area (Å²) in [6.45, 7) is 3.94. The van der Waals surface area contributed by atoms with E-state index < -0.39 is 0 Å². The second kappa shape index (κ2) is 7.96. The fraction of sp³-hybridized carbons (Fsp3) is 0.526. The van der Waals surface area contributed by atoms with Gasteiger partial charge in [-0.05, 0) is 31.0 Å². The minimum absolute atomic E-state index is 0.0550. The Labute approximate surface area is 159 Å². The number of carbonyl (C=O) groups excluding carboxylic acids is 1. The maximum absolute atomic E-state index is 12.8. The Morgan fingerprint density at radius 1 is 1.26 bits per heavy atom. The second-order valence-corrected chi connectivity index (χ2v) is 7.07. The van der Waals surface area contributed by atoms with Crippen molar-refractivity contribution in [3.63, 3.8) is 0 Å². The molecular formula is C19H26N6O2. The van der Waals surface area contributed by atoms with Crippen molar-refractivity contribution in [3.05, 3.63) is 36.3 Å². The van der Waals surface area contributed by atoms with Crippen LogP contribution in [0.4, 0.5) is 16.3 Å². The monoisotopic (exact) mass is 370 g/mol. The molecule has 2 aliphatic rings. The Hall–Kier alpha value is -2.61. The normalized spacial score (nSPS) is 20.1. The number of anilines is 2. The maximum atomic E-state index is 12.8. The first-order valence-electron chi connectivity index (χ1n) is 9.54. The van der Waals surface area contributed by atoms with Crippen LogP contribution in [0, 0.1) is 0 Å². The fourth-order valence-electron chi connectivity index (χ4n) is 3.79. The molecule has 1 N–H and O–H groups in total. The molecular weight excluding hydrogens is 344 g/mol. The van der Waals surface area contributed by atoms with E-state index in [1.807, 2.05) is 34.8 Å². The number of rotatable bonds is 4. The number of pyridine rings is 1. The topological polar surface area (TPSA) is 75.5 Å². The van der Waals surface area contributed by atoms with Crippen molar-refractivity contribution >= 4 is 17.5 Å². The number of ether oxygens (including phenoxy) is 1. The summed E-state index contributed by atoms with van der Waals surface area (Å²) < 4.78 is 7.25. The van der Waals surface area contributed by atoms with Crippen molar-refractivity contribution in [2.75, 3.05) is 43.1 Å². The third kappa shape index (κ3) is 4.05.